The lowest BCUT2D eigenvalue weighted by atomic mass is 10.1. The van der Waals surface area contributed by atoms with Crippen LogP contribution in [0.4, 0.5) is 0 Å². The predicted molar refractivity (Wildman–Crippen MR) is 105 cm³/mol. The van der Waals surface area contributed by atoms with Gasteiger partial charge in [0.25, 0.3) is 0 Å². The van der Waals surface area contributed by atoms with E-state index < -0.39 is 0 Å². The van der Waals surface area contributed by atoms with E-state index in [0.29, 0.717) is 31.4 Å². The SMILES string of the molecule is C/C=C/COc1cc(C)c(OCCOc2cc(/C=N/OC)nn2C)c(C)c1. The fourth-order valence-electron chi connectivity index (χ4n) is 2.53. The molecule has 0 unspecified atom stereocenters. The van der Waals surface area contributed by atoms with Crippen LogP contribution in [0.15, 0.2) is 35.5 Å². The molecular formula is C20H27N3O4. The Labute approximate surface area is 160 Å². The molecule has 146 valence electrons. The molecule has 0 fully saturated rings. The summed E-state index contributed by atoms with van der Waals surface area (Å²) in [5.74, 6) is 2.33. The lowest BCUT2D eigenvalue weighted by molar-refractivity contribution is 0.204. The molecule has 0 amide bonds. The third-order valence-corrected chi connectivity index (χ3v) is 3.74. The number of hydrogen-bond donors (Lipinski definition) is 0. The van der Waals surface area contributed by atoms with Crippen molar-refractivity contribution in [1.29, 1.82) is 0 Å². The van der Waals surface area contributed by atoms with E-state index in [1.807, 2.05) is 45.1 Å². The molecule has 0 atom stereocenters. The largest absolute Gasteiger partial charge is 0.490 e. The van der Waals surface area contributed by atoms with Gasteiger partial charge in [-0.05, 0) is 44.0 Å². The summed E-state index contributed by atoms with van der Waals surface area (Å²) < 4.78 is 19.0. The molecule has 0 spiro atoms. The Hall–Kier alpha value is -2.96. The van der Waals surface area contributed by atoms with Gasteiger partial charge in [-0.15, -0.1) is 0 Å². The summed E-state index contributed by atoms with van der Waals surface area (Å²) in [6.07, 6.45) is 5.46. The third-order valence-electron chi connectivity index (χ3n) is 3.74. The van der Waals surface area contributed by atoms with E-state index in [1.165, 1.54) is 13.3 Å². The predicted octanol–water partition coefficient (Wildman–Crippen LogP) is 3.43. The van der Waals surface area contributed by atoms with Gasteiger partial charge in [-0.3, -0.25) is 0 Å². The van der Waals surface area contributed by atoms with E-state index in [2.05, 4.69) is 15.1 Å². The Kier molecular flexibility index (Phi) is 7.73. The Morgan fingerprint density at radius 2 is 1.78 bits per heavy atom. The number of aromatic nitrogens is 2. The van der Waals surface area contributed by atoms with E-state index in [-0.39, 0.29) is 0 Å². The van der Waals surface area contributed by atoms with E-state index in [4.69, 9.17) is 14.2 Å². The molecule has 7 nitrogen and oxygen atoms in total. The zero-order valence-corrected chi connectivity index (χ0v) is 16.6. The van der Waals surface area contributed by atoms with E-state index in [9.17, 15) is 0 Å². The molecule has 1 aromatic heterocycles. The standard InChI is InChI=1S/C20H27N3O4/c1-6-7-8-25-18-11-15(2)20(16(3)12-18)27-10-9-26-19-13-17(14-21-24-5)22-23(19)4/h6-7,11-14H,8-10H2,1-5H3/b7-6+,21-14+. The van der Waals surface area contributed by atoms with E-state index in [1.54, 1.807) is 17.8 Å². The Balaban J connectivity index is 1.88. The van der Waals surface area contributed by atoms with Crippen molar-refractivity contribution >= 4 is 6.21 Å². The van der Waals surface area contributed by atoms with Gasteiger partial charge in [0.15, 0.2) is 0 Å². The highest BCUT2D eigenvalue weighted by atomic mass is 16.6. The average molecular weight is 373 g/mol. The highest BCUT2D eigenvalue weighted by Crippen LogP contribution is 2.28. The summed E-state index contributed by atoms with van der Waals surface area (Å²) >= 11 is 0. The molecule has 1 heterocycles. The number of nitrogens with zero attached hydrogens (tertiary/aromatic N) is 3. The summed E-state index contributed by atoms with van der Waals surface area (Å²) in [5, 5.41) is 7.94. The van der Waals surface area contributed by atoms with Crippen molar-refractivity contribution in [3.05, 3.63) is 47.2 Å². The smallest absolute Gasteiger partial charge is 0.212 e. The first-order valence-electron chi connectivity index (χ1n) is 8.76. The maximum absolute atomic E-state index is 5.91. The zero-order valence-electron chi connectivity index (χ0n) is 16.6. The lowest BCUT2D eigenvalue weighted by Crippen LogP contribution is -2.12. The van der Waals surface area contributed by atoms with Gasteiger partial charge in [-0.1, -0.05) is 17.3 Å². The molecule has 0 saturated heterocycles. The van der Waals surface area contributed by atoms with Crippen molar-refractivity contribution in [2.75, 3.05) is 26.9 Å². The summed E-state index contributed by atoms with van der Waals surface area (Å²) in [7, 11) is 3.29. The van der Waals surface area contributed by atoms with Gasteiger partial charge in [0.05, 0.1) is 6.21 Å². The second kappa shape index (κ2) is 10.3. The second-order valence-electron chi connectivity index (χ2n) is 5.91. The fourth-order valence-corrected chi connectivity index (χ4v) is 2.53. The Morgan fingerprint density at radius 1 is 1.07 bits per heavy atom. The Bertz CT molecular complexity index is 774. The minimum Gasteiger partial charge on any atom is -0.490 e. The van der Waals surface area contributed by atoms with Crippen molar-refractivity contribution < 1.29 is 19.0 Å². The summed E-state index contributed by atoms with van der Waals surface area (Å²) in [6, 6.07) is 5.75. The minimum atomic E-state index is 0.402. The average Bonchev–Trinajstić information content (AvgIpc) is 2.98. The number of hydrogen-bond acceptors (Lipinski definition) is 6. The zero-order chi connectivity index (χ0) is 19.6. The molecule has 0 radical (unpaired) electrons. The van der Waals surface area contributed by atoms with Gasteiger partial charge in [0, 0.05) is 13.1 Å². The third kappa shape index (κ3) is 6.06. The van der Waals surface area contributed by atoms with Crippen LogP contribution in [-0.2, 0) is 11.9 Å². The van der Waals surface area contributed by atoms with Crippen LogP contribution in [0, 0.1) is 13.8 Å². The van der Waals surface area contributed by atoms with Gasteiger partial charge < -0.3 is 19.0 Å². The second-order valence-corrected chi connectivity index (χ2v) is 5.91. The van der Waals surface area contributed by atoms with E-state index in [0.717, 1.165) is 22.6 Å². The summed E-state index contributed by atoms with van der Waals surface area (Å²) in [6.45, 7) is 7.37. The Morgan fingerprint density at radius 3 is 2.44 bits per heavy atom. The van der Waals surface area contributed by atoms with Crippen LogP contribution in [-0.4, -0.2) is 42.9 Å². The van der Waals surface area contributed by atoms with Gasteiger partial charge >= 0.3 is 0 Å². The van der Waals surface area contributed by atoms with Gasteiger partial charge in [0.2, 0.25) is 5.88 Å². The minimum absolute atomic E-state index is 0.402. The summed E-state index contributed by atoms with van der Waals surface area (Å²) in [4.78, 5) is 4.65. The number of allylic oxidation sites excluding steroid dienone is 1. The topological polar surface area (TPSA) is 67.1 Å². The van der Waals surface area contributed by atoms with Crippen molar-refractivity contribution in [3.63, 3.8) is 0 Å². The van der Waals surface area contributed by atoms with Crippen molar-refractivity contribution in [3.8, 4) is 17.4 Å². The van der Waals surface area contributed by atoms with Crippen LogP contribution in [0.1, 0.15) is 23.7 Å². The molecule has 0 saturated carbocycles. The van der Waals surface area contributed by atoms with Crippen LogP contribution in [0.2, 0.25) is 0 Å². The van der Waals surface area contributed by atoms with Crippen molar-refractivity contribution in [2.45, 2.75) is 20.8 Å². The molecule has 0 aliphatic carbocycles. The normalized spacial score (nSPS) is 11.3. The fraction of sp³-hybridized carbons (Fsp3) is 0.400. The number of benzene rings is 1. The number of rotatable bonds is 10. The number of aryl methyl sites for hydroxylation is 3. The van der Waals surface area contributed by atoms with Crippen LogP contribution >= 0.6 is 0 Å². The van der Waals surface area contributed by atoms with E-state index >= 15 is 0 Å². The van der Waals surface area contributed by atoms with Crippen molar-refractivity contribution in [1.82, 2.24) is 9.78 Å². The molecule has 0 aliphatic rings. The van der Waals surface area contributed by atoms with Crippen LogP contribution in [0.3, 0.4) is 0 Å². The molecular weight excluding hydrogens is 346 g/mol. The maximum atomic E-state index is 5.91. The summed E-state index contributed by atoms with van der Waals surface area (Å²) in [5.41, 5.74) is 2.73. The molecule has 2 aromatic rings. The molecule has 0 N–H and O–H groups in total. The number of oxime groups is 1. The van der Waals surface area contributed by atoms with Gasteiger partial charge in [-0.2, -0.15) is 5.10 Å². The first-order chi connectivity index (χ1) is 13.0. The maximum Gasteiger partial charge on any atom is 0.212 e. The van der Waals surface area contributed by atoms with Crippen molar-refractivity contribution in [2.24, 2.45) is 12.2 Å². The van der Waals surface area contributed by atoms with Crippen LogP contribution in [0.5, 0.6) is 17.4 Å². The van der Waals surface area contributed by atoms with Crippen LogP contribution in [0.25, 0.3) is 0 Å². The molecule has 0 bridgehead atoms. The molecule has 27 heavy (non-hydrogen) atoms. The first kappa shape index (κ1) is 20.4. The van der Waals surface area contributed by atoms with Crippen LogP contribution < -0.4 is 14.2 Å². The lowest BCUT2D eigenvalue weighted by Gasteiger charge is -2.14. The highest BCUT2D eigenvalue weighted by molar-refractivity contribution is 5.76. The molecule has 2 rings (SSSR count). The number of ether oxygens (including phenoxy) is 3. The van der Waals surface area contributed by atoms with Gasteiger partial charge in [0.1, 0.15) is 44.1 Å². The highest BCUT2D eigenvalue weighted by Gasteiger charge is 2.09. The van der Waals surface area contributed by atoms with Gasteiger partial charge in [-0.25, -0.2) is 4.68 Å². The molecule has 0 aliphatic heterocycles. The quantitative estimate of drug-likeness (QED) is 0.276. The first-order valence-corrected chi connectivity index (χ1v) is 8.76. The molecule has 7 heteroatoms. The molecule has 1 aromatic carbocycles. The monoisotopic (exact) mass is 373 g/mol.